The molecule has 1 aromatic heterocycles. The summed E-state index contributed by atoms with van der Waals surface area (Å²) < 4.78 is 7.68. The van der Waals surface area contributed by atoms with Crippen LogP contribution >= 0.6 is 0 Å². The van der Waals surface area contributed by atoms with Crippen molar-refractivity contribution in [3.05, 3.63) is 17.0 Å². The van der Waals surface area contributed by atoms with Crippen molar-refractivity contribution in [2.45, 2.75) is 90.1 Å². The molecule has 6 nitrogen and oxygen atoms in total. The van der Waals surface area contributed by atoms with Crippen molar-refractivity contribution in [1.82, 2.24) is 15.1 Å². The fourth-order valence-corrected chi connectivity index (χ4v) is 5.06. The molecule has 0 spiro atoms. The Morgan fingerprint density at radius 2 is 2.00 bits per heavy atom. The number of nitrogens with one attached hydrogen (secondary N) is 1. The molecule has 2 fully saturated rings. The maximum Gasteiger partial charge on any atom is 0.269 e. The number of aryl methyl sites for hydroxylation is 1. The normalized spacial score (nSPS) is 28.6. The standard InChI is InChI=1S/C20H31N3O3/c1-4-23-17(15-11-13(2)26-14(3)16(15)22-23)18(24)21-12-19(7-5-8-19)20(25)9-6-10-20/h13-14,25H,4-12H2,1-3H3,(H,21,24)/t13-,14+/m0/s1. The first kappa shape index (κ1) is 18.0. The summed E-state index contributed by atoms with van der Waals surface area (Å²) in [6.07, 6.45) is 6.74. The van der Waals surface area contributed by atoms with Gasteiger partial charge in [0.2, 0.25) is 0 Å². The second-order valence-corrected chi connectivity index (χ2v) is 8.52. The van der Waals surface area contributed by atoms with Gasteiger partial charge in [-0.1, -0.05) is 6.42 Å². The quantitative estimate of drug-likeness (QED) is 0.845. The van der Waals surface area contributed by atoms with Crippen molar-refractivity contribution in [1.29, 1.82) is 0 Å². The number of rotatable bonds is 5. The summed E-state index contributed by atoms with van der Waals surface area (Å²) in [5.74, 6) is -0.0592. The number of fused-ring (bicyclic) bond motifs is 1. The molecule has 0 aromatic carbocycles. The van der Waals surface area contributed by atoms with E-state index in [2.05, 4.69) is 10.4 Å². The van der Waals surface area contributed by atoms with Crippen LogP contribution in [0.25, 0.3) is 0 Å². The van der Waals surface area contributed by atoms with E-state index >= 15 is 0 Å². The molecule has 144 valence electrons. The lowest BCUT2D eigenvalue weighted by Gasteiger charge is -2.57. The average molecular weight is 361 g/mol. The van der Waals surface area contributed by atoms with Crippen LogP contribution in [0, 0.1) is 5.41 Å². The van der Waals surface area contributed by atoms with E-state index in [1.54, 1.807) is 0 Å². The minimum atomic E-state index is -0.570. The molecule has 3 aliphatic rings. The van der Waals surface area contributed by atoms with Gasteiger partial charge < -0.3 is 15.2 Å². The third kappa shape index (κ3) is 2.61. The van der Waals surface area contributed by atoms with Crippen LogP contribution in [0.5, 0.6) is 0 Å². The summed E-state index contributed by atoms with van der Waals surface area (Å²) in [5.41, 5.74) is 1.91. The molecule has 4 rings (SSSR count). The Labute approximate surface area is 155 Å². The van der Waals surface area contributed by atoms with E-state index < -0.39 is 5.60 Å². The molecule has 2 aliphatic carbocycles. The Balaban J connectivity index is 1.55. The maximum absolute atomic E-state index is 13.1. The molecule has 26 heavy (non-hydrogen) atoms. The highest BCUT2D eigenvalue weighted by atomic mass is 16.5. The van der Waals surface area contributed by atoms with Gasteiger partial charge in [0.25, 0.3) is 5.91 Å². The topological polar surface area (TPSA) is 76.4 Å². The second-order valence-electron chi connectivity index (χ2n) is 8.52. The molecular weight excluding hydrogens is 330 g/mol. The Morgan fingerprint density at radius 3 is 2.54 bits per heavy atom. The van der Waals surface area contributed by atoms with Gasteiger partial charge in [0.05, 0.1) is 23.5 Å². The van der Waals surface area contributed by atoms with Gasteiger partial charge in [-0.25, -0.2) is 0 Å². The van der Waals surface area contributed by atoms with Gasteiger partial charge in [-0.2, -0.15) is 5.10 Å². The Kier molecular flexibility index (Phi) is 4.39. The number of hydrogen-bond donors (Lipinski definition) is 2. The first-order valence-electron chi connectivity index (χ1n) is 10.1. The molecule has 6 heteroatoms. The minimum absolute atomic E-state index is 0.0592. The summed E-state index contributed by atoms with van der Waals surface area (Å²) in [7, 11) is 0. The first-order valence-corrected chi connectivity index (χ1v) is 10.1. The summed E-state index contributed by atoms with van der Waals surface area (Å²) in [4.78, 5) is 13.1. The molecule has 2 atom stereocenters. The number of carbonyl (C=O) groups is 1. The van der Waals surface area contributed by atoms with Gasteiger partial charge >= 0.3 is 0 Å². The number of carbonyl (C=O) groups excluding carboxylic acids is 1. The van der Waals surface area contributed by atoms with E-state index in [-0.39, 0.29) is 23.5 Å². The third-order valence-electron chi connectivity index (χ3n) is 6.98. The van der Waals surface area contributed by atoms with Crippen LogP contribution in [0.2, 0.25) is 0 Å². The first-order chi connectivity index (χ1) is 12.4. The van der Waals surface area contributed by atoms with Gasteiger partial charge in [0.1, 0.15) is 5.69 Å². The van der Waals surface area contributed by atoms with E-state index in [1.165, 1.54) is 0 Å². The van der Waals surface area contributed by atoms with E-state index in [0.717, 1.165) is 56.2 Å². The van der Waals surface area contributed by atoms with Crippen LogP contribution in [0.15, 0.2) is 0 Å². The number of aromatic nitrogens is 2. The highest BCUT2D eigenvalue weighted by molar-refractivity contribution is 5.94. The van der Waals surface area contributed by atoms with Crippen LogP contribution in [0.3, 0.4) is 0 Å². The van der Waals surface area contributed by atoms with E-state index in [4.69, 9.17) is 4.74 Å². The lowest BCUT2D eigenvalue weighted by Crippen LogP contribution is -2.61. The summed E-state index contributed by atoms with van der Waals surface area (Å²) in [6.45, 7) is 7.27. The zero-order valence-corrected chi connectivity index (χ0v) is 16.2. The Hall–Kier alpha value is -1.40. The lowest BCUT2D eigenvalue weighted by atomic mass is 9.52. The number of hydrogen-bond acceptors (Lipinski definition) is 4. The maximum atomic E-state index is 13.1. The SMILES string of the molecule is CCn1nc2c(c1C(=O)NCC1(C3(O)CCC3)CCC1)C[C@H](C)O[C@@H]2C. The number of aliphatic hydroxyl groups is 1. The van der Waals surface area contributed by atoms with Crippen LogP contribution in [-0.2, 0) is 17.7 Å². The molecule has 2 heterocycles. The lowest BCUT2D eigenvalue weighted by molar-refractivity contribution is -0.171. The number of ether oxygens (including phenoxy) is 1. The van der Waals surface area contributed by atoms with Crippen molar-refractivity contribution >= 4 is 5.91 Å². The summed E-state index contributed by atoms with van der Waals surface area (Å²) >= 11 is 0. The van der Waals surface area contributed by atoms with E-state index in [9.17, 15) is 9.90 Å². The molecule has 2 saturated carbocycles. The van der Waals surface area contributed by atoms with E-state index in [0.29, 0.717) is 18.8 Å². The van der Waals surface area contributed by atoms with Crippen molar-refractivity contribution in [2.24, 2.45) is 5.41 Å². The summed E-state index contributed by atoms with van der Waals surface area (Å²) in [6, 6.07) is 0. The largest absolute Gasteiger partial charge is 0.389 e. The highest BCUT2D eigenvalue weighted by Gasteiger charge is 2.56. The number of nitrogens with zero attached hydrogens (tertiary/aromatic N) is 2. The van der Waals surface area contributed by atoms with E-state index in [1.807, 2.05) is 25.5 Å². The van der Waals surface area contributed by atoms with Crippen molar-refractivity contribution in [2.75, 3.05) is 6.54 Å². The zero-order valence-electron chi connectivity index (χ0n) is 16.2. The highest BCUT2D eigenvalue weighted by Crippen LogP contribution is 2.56. The Bertz CT molecular complexity index is 703. The van der Waals surface area contributed by atoms with Gasteiger partial charge in [0, 0.05) is 30.5 Å². The molecule has 1 aromatic rings. The molecule has 0 radical (unpaired) electrons. The van der Waals surface area contributed by atoms with Gasteiger partial charge in [-0.05, 0) is 52.9 Å². The fraction of sp³-hybridized carbons (Fsp3) is 0.800. The zero-order chi connectivity index (χ0) is 18.5. The third-order valence-corrected chi connectivity index (χ3v) is 6.98. The van der Waals surface area contributed by atoms with Gasteiger partial charge in [0.15, 0.2) is 0 Å². The van der Waals surface area contributed by atoms with Crippen LogP contribution in [-0.4, -0.2) is 39.0 Å². The monoisotopic (exact) mass is 361 g/mol. The van der Waals surface area contributed by atoms with Crippen molar-refractivity contribution < 1.29 is 14.6 Å². The molecule has 0 bridgehead atoms. The van der Waals surface area contributed by atoms with Crippen molar-refractivity contribution in [3.63, 3.8) is 0 Å². The van der Waals surface area contributed by atoms with Crippen molar-refractivity contribution in [3.8, 4) is 0 Å². The molecule has 1 aliphatic heterocycles. The molecule has 2 N–H and O–H groups in total. The van der Waals surface area contributed by atoms with Crippen LogP contribution < -0.4 is 5.32 Å². The van der Waals surface area contributed by atoms with Crippen LogP contribution in [0.4, 0.5) is 0 Å². The Morgan fingerprint density at radius 1 is 1.31 bits per heavy atom. The molecular formula is C20H31N3O3. The van der Waals surface area contributed by atoms with Gasteiger partial charge in [-0.3, -0.25) is 9.48 Å². The number of amides is 1. The minimum Gasteiger partial charge on any atom is -0.389 e. The predicted octanol–water partition coefficient (Wildman–Crippen LogP) is 2.74. The summed E-state index contributed by atoms with van der Waals surface area (Å²) in [5, 5.41) is 18.7. The van der Waals surface area contributed by atoms with Crippen LogP contribution in [0.1, 0.15) is 87.1 Å². The van der Waals surface area contributed by atoms with Gasteiger partial charge in [-0.15, -0.1) is 0 Å². The second kappa shape index (κ2) is 6.34. The molecule has 0 saturated heterocycles. The fourth-order valence-electron chi connectivity index (χ4n) is 5.06. The predicted molar refractivity (Wildman–Crippen MR) is 98.0 cm³/mol. The molecule has 1 amide bonds. The average Bonchev–Trinajstić information content (AvgIpc) is 2.90. The molecule has 0 unspecified atom stereocenters. The smallest absolute Gasteiger partial charge is 0.269 e.